The summed E-state index contributed by atoms with van der Waals surface area (Å²) < 4.78 is 10.4. The Morgan fingerprint density at radius 1 is 1.17 bits per heavy atom. The lowest BCUT2D eigenvalue weighted by Crippen LogP contribution is -2.18. The fourth-order valence-electron chi connectivity index (χ4n) is 2.52. The number of aromatic nitrogens is 2. The molecule has 2 aromatic carbocycles. The summed E-state index contributed by atoms with van der Waals surface area (Å²) in [5.41, 5.74) is 4.11. The van der Waals surface area contributed by atoms with Crippen LogP contribution in [0.25, 0.3) is 11.3 Å². The Balaban J connectivity index is 1.69. The number of hydrazone groups is 1. The number of carbonyl (C=O) groups is 1. The molecular formula is C19H17N5O5. The zero-order chi connectivity index (χ0) is 20.8. The highest BCUT2D eigenvalue weighted by Gasteiger charge is 2.13. The summed E-state index contributed by atoms with van der Waals surface area (Å²) in [5.74, 6) is 0.615. The van der Waals surface area contributed by atoms with Gasteiger partial charge in [-0.05, 0) is 29.8 Å². The minimum Gasteiger partial charge on any atom is -0.493 e. The molecule has 1 heterocycles. The molecule has 0 saturated carbocycles. The molecule has 0 unspecified atom stereocenters. The number of hydrogen-bond donors (Lipinski definition) is 2. The number of ether oxygens (including phenoxy) is 2. The van der Waals surface area contributed by atoms with Gasteiger partial charge in [0, 0.05) is 17.7 Å². The predicted octanol–water partition coefficient (Wildman–Crippen LogP) is 2.77. The van der Waals surface area contributed by atoms with Gasteiger partial charge in [0.15, 0.2) is 11.5 Å². The van der Waals surface area contributed by atoms with E-state index in [0.29, 0.717) is 28.3 Å². The van der Waals surface area contributed by atoms with Crippen LogP contribution in [-0.4, -0.2) is 41.5 Å². The molecule has 29 heavy (non-hydrogen) atoms. The second-order valence-corrected chi connectivity index (χ2v) is 5.79. The van der Waals surface area contributed by atoms with E-state index in [1.165, 1.54) is 38.6 Å². The molecule has 1 aromatic heterocycles. The number of H-pyrrole nitrogens is 1. The molecule has 0 fully saturated rings. The summed E-state index contributed by atoms with van der Waals surface area (Å²) in [6.45, 7) is 0. The SMILES string of the molecule is COc1ccc(/C=N/NC(=O)c2cc(-c3cccc([N+](=O)[O-])c3)n[nH]2)cc1OC. The summed E-state index contributed by atoms with van der Waals surface area (Å²) in [4.78, 5) is 22.6. The quantitative estimate of drug-likeness (QED) is 0.359. The van der Waals surface area contributed by atoms with Crippen LogP contribution in [0.1, 0.15) is 16.1 Å². The van der Waals surface area contributed by atoms with Crippen LogP contribution < -0.4 is 14.9 Å². The van der Waals surface area contributed by atoms with Crippen molar-refractivity contribution in [3.63, 3.8) is 0 Å². The number of methoxy groups -OCH3 is 2. The standard InChI is InChI=1S/C19H17N5O5/c1-28-17-7-6-12(8-18(17)29-2)11-20-23-19(25)16-10-15(21-22-16)13-4-3-5-14(9-13)24(26)27/h3-11H,1-2H3,(H,21,22)(H,23,25)/b20-11+. The van der Waals surface area contributed by atoms with Gasteiger partial charge >= 0.3 is 0 Å². The Labute approximate surface area is 165 Å². The first-order chi connectivity index (χ1) is 14.0. The van der Waals surface area contributed by atoms with Crippen LogP contribution in [0.4, 0.5) is 5.69 Å². The van der Waals surface area contributed by atoms with E-state index in [1.54, 1.807) is 30.3 Å². The largest absolute Gasteiger partial charge is 0.493 e. The van der Waals surface area contributed by atoms with Crippen LogP contribution in [-0.2, 0) is 0 Å². The lowest BCUT2D eigenvalue weighted by Gasteiger charge is -2.07. The molecule has 3 rings (SSSR count). The van der Waals surface area contributed by atoms with Crippen LogP contribution in [0, 0.1) is 10.1 Å². The number of non-ortho nitro benzene ring substituents is 1. The van der Waals surface area contributed by atoms with Crippen LogP contribution in [0.2, 0.25) is 0 Å². The van der Waals surface area contributed by atoms with Crippen molar-refractivity contribution in [3.05, 3.63) is 69.9 Å². The van der Waals surface area contributed by atoms with E-state index >= 15 is 0 Å². The third kappa shape index (κ3) is 4.56. The number of rotatable bonds is 7. The number of nitrogens with zero attached hydrogens (tertiary/aromatic N) is 3. The van der Waals surface area contributed by atoms with Crippen molar-refractivity contribution in [1.82, 2.24) is 15.6 Å². The van der Waals surface area contributed by atoms with Gasteiger partial charge in [-0.25, -0.2) is 5.43 Å². The number of nitrogens with one attached hydrogen (secondary N) is 2. The average molecular weight is 395 g/mol. The molecule has 0 saturated heterocycles. The predicted molar refractivity (Wildman–Crippen MR) is 105 cm³/mol. The second-order valence-electron chi connectivity index (χ2n) is 5.79. The van der Waals surface area contributed by atoms with Gasteiger partial charge in [-0.1, -0.05) is 12.1 Å². The molecule has 1 amide bonds. The number of nitro groups is 1. The summed E-state index contributed by atoms with van der Waals surface area (Å²) in [6.07, 6.45) is 1.46. The number of carbonyl (C=O) groups excluding carboxylic acids is 1. The number of amides is 1. The molecule has 0 bridgehead atoms. The van der Waals surface area contributed by atoms with E-state index in [4.69, 9.17) is 9.47 Å². The first-order valence-corrected chi connectivity index (χ1v) is 8.37. The van der Waals surface area contributed by atoms with Crippen molar-refractivity contribution in [2.45, 2.75) is 0 Å². The normalized spacial score (nSPS) is 10.7. The molecule has 2 N–H and O–H groups in total. The highest BCUT2D eigenvalue weighted by Crippen LogP contribution is 2.27. The van der Waals surface area contributed by atoms with E-state index in [1.807, 2.05) is 0 Å². The summed E-state index contributed by atoms with van der Waals surface area (Å²) in [5, 5.41) is 21.4. The van der Waals surface area contributed by atoms with E-state index in [0.717, 1.165) is 0 Å². The maximum Gasteiger partial charge on any atom is 0.289 e. The number of hydrogen-bond acceptors (Lipinski definition) is 7. The Morgan fingerprint density at radius 2 is 1.97 bits per heavy atom. The third-order valence-electron chi connectivity index (χ3n) is 3.96. The van der Waals surface area contributed by atoms with Crippen molar-refractivity contribution < 1.29 is 19.2 Å². The van der Waals surface area contributed by atoms with Crippen LogP contribution >= 0.6 is 0 Å². The topological polar surface area (TPSA) is 132 Å². The van der Waals surface area contributed by atoms with E-state index in [-0.39, 0.29) is 11.4 Å². The monoisotopic (exact) mass is 395 g/mol. The number of aromatic amines is 1. The van der Waals surface area contributed by atoms with Crippen LogP contribution in [0.5, 0.6) is 11.5 Å². The molecule has 0 atom stereocenters. The van der Waals surface area contributed by atoms with Gasteiger partial charge in [-0.2, -0.15) is 10.2 Å². The maximum absolute atomic E-state index is 12.2. The number of benzene rings is 2. The van der Waals surface area contributed by atoms with Crippen LogP contribution in [0.15, 0.2) is 53.6 Å². The highest BCUT2D eigenvalue weighted by atomic mass is 16.6. The number of nitro benzene ring substituents is 1. The van der Waals surface area contributed by atoms with Gasteiger partial charge in [-0.3, -0.25) is 20.0 Å². The van der Waals surface area contributed by atoms with Gasteiger partial charge in [0.2, 0.25) is 0 Å². The minimum atomic E-state index is -0.508. The molecule has 10 nitrogen and oxygen atoms in total. The fourth-order valence-corrected chi connectivity index (χ4v) is 2.52. The van der Waals surface area contributed by atoms with Crippen molar-refractivity contribution in [1.29, 1.82) is 0 Å². The van der Waals surface area contributed by atoms with Gasteiger partial charge in [0.1, 0.15) is 5.69 Å². The molecule has 10 heteroatoms. The zero-order valence-electron chi connectivity index (χ0n) is 15.6. The lowest BCUT2D eigenvalue weighted by atomic mass is 10.1. The summed E-state index contributed by atoms with van der Waals surface area (Å²) >= 11 is 0. The molecule has 0 aliphatic carbocycles. The molecule has 0 radical (unpaired) electrons. The molecule has 0 spiro atoms. The van der Waals surface area contributed by atoms with Crippen molar-refractivity contribution >= 4 is 17.8 Å². The van der Waals surface area contributed by atoms with Crippen molar-refractivity contribution in [3.8, 4) is 22.8 Å². The molecule has 3 aromatic rings. The maximum atomic E-state index is 12.2. The molecular weight excluding hydrogens is 378 g/mol. The Morgan fingerprint density at radius 3 is 2.69 bits per heavy atom. The first-order valence-electron chi connectivity index (χ1n) is 8.37. The van der Waals surface area contributed by atoms with Gasteiger partial charge in [0.05, 0.1) is 31.1 Å². The minimum absolute atomic E-state index is 0.0592. The average Bonchev–Trinajstić information content (AvgIpc) is 3.24. The Kier molecular flexibility index (Phi) is 5.83. The Hall–Kier alpha value is -4.21. The lowest BCUT2D eigenvalue weighted by molar-refractivity contribution is -0.384. The van der Waals surface area contributed by atoms with Gasteiger partial charge in [-0.15, -0.1) is 0 Å². The van der Waals surface area contributed by atoms with Crippen molar-refractivity contribution in [2.75, 3.05) is 14.2 Å². The van der Waals surface area contributed by atoms with E-state index in [2.05, 4.69) is 20.7 Å². The molecule has 0 aliphatic heterocycles. The highest BCUT2D eigenvalue weighted by molar-refractivity contribution is 5.94. The second kappa shape index (κ2) is 8.65. The van der Waals surface area contributed by atoms with Crippen molar-refractivity contribution in [2.24, 2.45) is 5.10 Å². The van der Waals surface area contributed by atoms with Crippen LogP contribution in [0.3, 0.4) is 0 Å². The summed E-state index contributed by atoms with van der Waals surface area (Å²) in [6, 6.07) is 12.7. The van der Waals surface area contributed by atoms with Gasteiger partial charge in [0.25, 0.3) is 11.6 Å². The van der Waals surface area contributed by atoms with E-state index in [9.17, 15) is 14.9 Å². The van der Waals surface area contributed by atoms with Gasteiger partial charge < -0.3 is 9.47 Å². The third-order valence-corrected chi connectivity index (χ3v) is 3.96. The zero-order valence-corrected chi connectivity index (χ0v) is 15.6. The molecule has 0 aliphatic rings. The molecule has 148 valence electrons. The Bertz CT molecular complexity index is 1080. The summed E-state index contributed by atoms with van der Waals surface area (Å²) in [7, 11) is 3.07. The smallest absolute Gasteiger partial charge is 0.289 e. The fraction of sp³-hybridized carbons (Fsp3) is 0.105. The first kappa shape index (κ1) is 19.5. The van der Waals surface area contributed by atoms with E-state index < -0.39 is 10.8 Å².